The second-order valence-corrected chi connectivity index (χ2v) is 9.90. The van der Waals surface area contributed by atoms with Crippen LogP contribution in [0, 0.1) is 0 Å². The van der Waals surface area contributed by atoms with E-state index in [1.807, 2.05) is 58.0 Å². The third-order valence-corrected chi connectivity index (χ3v) is 6.35. The molecule has 4 nitrogen and oxygen atoms in total. The number of pyridine rings is 1. The van der Waals surface area contributed by atoms with Crippen molar-refractivity contribution in [3.8, 4) is 11.3 Å². The van der Waals surface area contributed by atoms with Crippen LogP contribution in [-0.2, 0) is 11.0 Å². The van der Waals surface area contributed by atoms with E-state index < -0.39 is 21.8 Å². The fraction of sp³-hybridized carbons (Fsp3) is 0.286. The van der Waals surface area contributed by atoms with Crippen molar-refractivity contribution >= 4 is 33.5 Å². The molecule has 0 unspecified atom stereocenters. The van der Waals surface area contributed by atoms with Crippen LogP contribution in [0.2, 0.25) is 5.02 Å². The second-order valence-electron chi connectivity index (χ2n) is 7.49. The van der Waals surface area contributed by atoms with Gasteiger partial charge in [-0.1, -0.05) is 48.0 Å². The molecular weight excluding hydrogens is 380 g/mol. The molecule has 6 heteroatoms. The lowest BCUT2D eigenvalue weighted by Crippen LogP contribution is -2.36. The first-order chi connectivity index (χ1) is 12.7. The molecule has 0 spiro atoms. The van der Waals surface area contributed by atoms with E-state index in [1.165, 1.54) is 0 Å². The highest BCUT2D eigenvalue weighted by Crippen LogP contribution is 2.29. The predicted molar refractivity (Wildman–Crippen MR) is 114 cm³/mol. The zero-order valence-corrected chi connectivity index (χ0v) is 17.4. The van der Waals surface area contributed by atoms with E-state index in [4.69, 9.17) is 11.6 Å². The van der Waals surface area contributed by atoms with Crippen LogP contribution in [0.15, 0.2) is 53.3 Å². The van der Waals surface area contributed by atoms with E-state index in [1.54, 1.807) is 18.2 Å². The number of aromatic nitrogens is 1. The number of rotatable bonds is 4. The topological polar surface area (TPSA) is 62.0 Å². The smallest absolute Gasteiger partial charge is 0.194 e. The molecule has 0 aliphatic rings. The van der Waals surface area contributed by atoms with E-state index in [0.29, 0.717) is 27.2 Å². The largest absolute Gasteiger partial charge is 0.353 e. The first-order valence-electron chi connectivity index (χ1n) is 8.78. The lowest BCUT2D eigenvalue weighted by Gasteiger charge is -2.23. The molecule has 3 rings (SSSR count). The van der Waals surface area contributed by atoms with Gasteiger partial charge in [-0.25, -0.2) is 8.93 Å². The van der Waals surface area contributed by atoms with Crippen LogP contribution < -0.4 is 10.2 Å². The Kier molecular flexibility index (Phi) is 5.56. The average Bonchev–Trinajstić information content (AvgIpc) is 2.62. The lowest BCUT2D eigenvalue weighted by molar-refractivity contribution is 0.615. The van der Waals surface area contributed by atoms with Gasteiger partial charge in [-0.15, -0.1) is 0 Å². The average molecular weight is 403 g/mol. The Labute approximate surface area is 166 Å². The number of hydrogen-bond acceptors (Lipinski definition) is 2. The summed E-state index contributed by atoms with van der Waals surface area (Å²) in [5.41, 5.74) is 2.61. The van der Waals surface area contributed by atoms with Crippen molar-refractivity contribution in [1.82, 2.24) is 9.71 Å². The van der Waals surface area contributed by atoms with Crippen molar-refractivity contribution in [3.63, 3.8) is 0 Å². The molecule has 2 aromatic carbocycles. The van der Waals surface area contributed by atoms with Crippen LogP contribution >= 0.6 is 11.6 Å². The molecule has 0 amide bonds. The van der Waals surface area contributed by atoms with E-state index in [9.17, 15) is 9.00 Å². The molecule has 1 heterocycles. The minimum absolute atomic E-state index is 0.115. The van der Waals surface area contributed by atoms with Crippen LogP contribution in [0.4, 0.5) is 0 Å². The molecular formula is C21H23ClN2O2S. The minimum atomic E-state index is -1.31. The summed E-state index contributed by atoms with van der Waals surface area (Å²) < 4.78 is 15.2. The van der Waals surface area contributed by atoms with Crippen molar-refractivity contribution in [3.05, 3.63) is 69.3 Å². The van der Waals surface area contributed by atoms with Crippen LogP contribution in [-0.4, -0.2) is 13.9 Å². The fourth-order valence-electron chi connectivity index (χ4n) is 2.93. The summed E-state index contributed by atoms with van der Waals surface area (Å²) in [5.74, 6) is 0. The van der Waals surface area contributed by atoms with Gasteiger partial charge in [0.05, 0.1) is 32.0 Å². The summed E-state index contributed by atoms with van der Waals surface area (Å²) in [7, 11) is -1.31. The summed E-state index contributed by atoms with van der Waals surface area (Å²) in [6.07, 6.45) is 0. The minimum Gasteiger partial charge on any atom is -0.353 e. The Morgan fingerprint density at radius 3 is 2.37 bits per heavy atom. The highest BCUT2D eigenvalue weighted by Gasteiger charge is 2.25. The van der Waals surface area contributed by atoms with Gasteiger partial charge in [-0.2, -0.15) is 0 Å². The monoisotopic (exact) mass is 402 g/mol. The lowest BCUT2D eigenvalue weighted by atomic mass is 9.98. The first kappa shape index (κ1) is 19.8. The van der Waals surface area contributed by atoms with Gasteiger partial charge in [0, 0.05) is 17.0 Å². The Morgan fingerprint density at radius 2 is 1.74 bits per heavy atom. The van der Waals surface area contributed by atoms with Crippen molar-refractivity contribution in [1.29, 1.82) is 0 Å². The Balaban J connectivity index is 2.25. The quantitative estimate of drug-likeness (QED) is 0.647. The van der Waals surface area contributed by atoms with E-state index in [2.05, 4.69) is 9.71 Å². The van der Waals surface area contributed by atoms with E-state index >= 15 is 0 Å². The maximum absolute atomic E-state index is 13.3. The van der Waals surface area contributed by atoms with E-state index in [0.717, 1.165) is 5.56 Å². The van der Waals surface area contributed by atoms with Gasteiger partial charge >= 0.3 is 0 Å². The molecule has 0 saturated heterocycles. The molecule has 0 fully saturated rings. The Bertz CT molecular complexity index is 1060. The summed E-state index contributed by atoms with van der Waals surface area (Å²) in [5, 5.41) is 1.01. The van der Waals surface area contributed by atoms with Crippen LogP contribution in [0.25, 0.3) is 22.2 Å². The molecule has 142 valence electrons. The standard InChI is InChI=1S/C21H23ClN2O2S/c1-13(24-27(26)21(2,3)4)17-18(14-9-6-5-7-10-14)23-19-15(20(17)25)11-8-12-16(19)22/h5-13,24H,1-4H3,(H,23,25)/t13-,27+/m0/s1. The third kappa shape index (κ3) is 4.00. The number of benzene rings is 2. The van der Waals surface area contributed by atoms with Gasteiger partial charge < -0.3 is 4.98 Å². The number of H-pyrrole nitrogens is 1. The molecule has 2 N–H and O–H groups in total. The molecule has 1 aromatic heterocycles. The van der Waals surface area contributed by atoms with Crippen LogP contribution in [0.3, 0.4) is 0 Å². The highest BCUT2D eigenvalue weighted by atomic mass is 35.5. The maximum atomic E-state index is 13.3. The zero-order valence-electron chi connectivity index (χ0n) is 15.8. The highest BCUT2D eigenvalue weighted by molar-refractivity contribution is 7.84. The van der Waals surface area contributed by atoms with Crippen molar-refractivity contribution in [2.24, 2.45) is 0 Å². The van der Waals surface area contributed by atoms with Crippen molar-refractivity contribution in [2.75, 3.05) is 0 Å². The molecule has 0 radical (unpaired) electrons. The Hall–Kier alpha value is -1.95. The summed E-state index contributed by atoms with van der Waals surface area (Å²) >= 11 is 6.33. The summed E-state index contributed by atoms with van der Waals surface area (Å²) in [6.45, 7) is 7.54. The third-order valence-electron chi connectivity index (χ3n) is 4.36. The predicted octanol–water partition coefficient (Wildman–Crippen LogP) is 4.96. The van der Waals surface area contributed by atoms with Gasteiger partial charge in [-0.05, 0) is 45.4 Å². The van der Waals surface area contributed by atoms with Gasteiger partial charge in [-0.3, -0.25) is 4.79 Å². The van der Waals surface area contributed by atoms with E-state index in [-0.39, 0.29) is 5.43 Å². The van der Waals surface area contributed by atoms with Gasteiger partial charge in [0.2, 0.25) is 0 Å². The summed E-state index contributed by atoms with van der Waals surface area (Å²) in [4.78, 5) is 16.7. The molecule has 0 bridgehead atoms. The molecule has 27 heavy (non-hydrogen) atoms. The van der Waals surface area contributed by atoms with Gasteiger partial charge in [0.15, 0.2) is 5.43 Å². The number of aromatic amines is 1. The molecule has 0 aliphatic heterocycles. The molecule has 0 aliphatic carbocycles. The summed E-state index contributed by atoms with van der Waals surface area (Å²) in [6, 6.07) is 14.5. The molecule has 3 aromatic rings. The number of fused-ring (bicyclic) bond motifs is 1. The second kappa shape index (κ2) is 7.58. The van der Waals surface area contributed by atoms with Gasteiger partial charge in [0.1, 0.15) is 0 Å². The number of nitrogens with one attached hydrogen (secondary N) is 2. The number of halogens is 1. The van der Waals surface area contributed by atoms with Crippen molar-refractivity contribution < 1.29 is 4.21 Å². The normalized spacial score (nSPS) is 14.3. The fourth-order valence-corrected chi connectivity index (χ4v) is 3.95. The van der Waals surface area contributed by atoms with Crippen LogP contribution in [0.1, 0.15) is 39.3 Å². The van der Waals surface area contributed by atoms with Gasteiger partial charge in [0.25, 0.3) is 0 Å². The van der Waals surface area contributed by atoms with Crippen molar-refractivity contribution in [2.45, 2.75) is 38.5 Å². The SMILES string of the molecule is C[C@H](N[S@](=O)C(C)(C)C)c1c(-c2ccccc2)[nH]c2c(Cl)cccc2c1=O. The molecule has 2 atom stereocenters. The molecule has 0 saturated carbocycles. The number of para-hydroxylation sites is 1. The first-order valence-corrected chi connectivity index (χ1v) is 10.3. The number of hydrogen-bond donors (Lipinski definition) is 2. The maximum Gasteiger partial charge on any atom is 0.194 e. The zero-order chi connectivity index (χ0) is 19.8. The van der Waals surface area contributed by atoms with Crippen LogP contribution in [0.5, 0.6) is 0 Å². The Morgan fingerprint density at radius 1 is 1.07 bits per heavy atom.